The van der Waals surface area contributed by atoms with Gasteiger partial charge < -0.3 is 24.3 Å². The minimum Gasteiger partial charge on any atom is -0.459 e. The number of pyridine rings is 1. The largest absolute Gasteiger partial charge is 0.494 e. The van der Waals surface area contributed by atoms with E-state index in [1.807, 2.05) is 0 Å². The number of ether oxygens (including phenoxy) is 3. The van der Waals surface area contributed by atoms with E-state index >= 15 is 0 Å². The van der Waals surface area contributed by atoms with Crippen LogP contribution in [0.5, 0.6) is 5.75 Å². The SMILES string of the molecule is O=C(C[n+]1cccc(B(O)O)c1)OCCOCC(=O)Oc1ccc2c(c1)C(=O)c1ccccc1C2=O. The Morgan fingerprint density at radius 2 is 1.53 bits per heavy atom. The van der Waals surface area contributed by atoms with Crippen molar-refractivity contribution < 1.29 is 48.0 Å². The van der Waals surface area contributed by atoms with Crippen LogP contribution in [0.3, 0.4) is 0 Å². The van der Waals surface area contributed by atoms with Crippen LogP contribution < -0.4 is 14.8 Å². The number of carbonyl (C=O) groups is 4. The Labute approximate surface area is 205 Å². The van der Waals surface area contributed by atoms with Crippen LogP contribution in [-0.4, -0.2) is 60.5 Å². The van der Waals surface area contributed by atoms with Crippen molar-refractivity contribution in [3.8, 4) is 5.75 Å². The van der Waals surface area contributed by atoms with E-state index in [0.29, 0.717) is 11.1 Å². The molecule has 1 aliphatic carbocycles. The summed E-state index contributed by atoms with van der Waals surface area (Å²) in [4.78, 5) is 49.4. The highest BCUT2D eigenvalue weighted by atomic mass is 16.6. The maximum absolute atomic E-state index is 12.8. The second-order valence-corrected chi connectivity index (χ2v) is 7.84. The van der Waals surface area contributed by atoms with E-state index in [2.05, 4.69) is 0 Å². The van der Waals surface area contributed by atoms with Crippen molar-refractivity contribution in [1.29, 1.82) is 0 Å². The summed E-state index contributed by atoms with van der Waals surface area (Å²) in [5.41, 5.74) is 1.27. The number of fused-ring (bicyclic) bond motifs is 2. The van der Waals surface area contributed by atoms with E-state index in [1.165, 1.54) is 35.0 Å². The Bertz CT molecular complexity index is 1340. The molecule has 3 aromatic rings. The van der Waals surface area contributed by atoms with Gasteiger partial charge in [-0.25, -0.2) is 9.59 Å². The lowest BCUT2D eigenvalue weighted by Crippen LogP contribution is -2.44. The molecule has 0 bridgehead atoms. The lowest BCUT2D eigenvalue weighted by atomic mass is 9.82. The van der Waals surface area contributed by atoms with Gasteiger partial charge in [-0.3, -0.25) is 9.59 Å². The maximum Gasteiger partial charge on any atom is 0.494 e. The fourth-order valence-electron chi connectivity index (χ4n) is 3.66. The molecule has 0 atom stereocenters. The van der Waals surface area contributed by atoms with Gasteiger partial charge in [-0.15, -0.1) is 0 Å². The van der Waals surface area contributed by atoms with Gasteiger partial charge in [0.25, 0.3) is 0 Å². The molecule has 0 radical (unpaired) electrons. The minimum atomic E-state index is -1.65. The summed E-state index contributed by atoms with van der Waals surface area (Å²) in [5, 5.41) is 18.3. The Morgan fingerprint density at radius 1 is 0.833 bits per heavy atom. The van der Waals surface area contributed by atoms with Crippen LogP contribution in [0.1, 0.15) is 31.8 Å². The summed E-state index contributed by atoms with van der Waals surface area (Å²) >= 11 is 0. The zero-order valence-electron chi connectivity index (χ0n) is 19.0. The summed E-state index contributed by atoms with van der Waals surface area (Å²) in [5.74, 6) is -1.81. The summed E-state index contributed by atoms with van der Waals surface area (Å²) < 4.78 is 16.8. The second kappa shape index (κ2) is 11.0. The highest BCUT2D eigenvalue weighted by Gasteiger charge is 2.29. The molecule has 4 rings (SSSR count). The molecule has 2 N–H and O–H groups in total. The van der Waals surface area contributed by atoms with Crippen molar-refractivity contribution in [3.63, 3.8) is 0 Å². The van der Waals surface area contributed by atoms with E-state index in [1.54, 1.807) is 36.5 Å². The molecule has 36 heavy (non-hydrogen) atoms. The Hall–Kier alpha value is -4.19. The monoisotopic (exact) mass is 490 g/mol. The number of aromatic nitrogens is 1. The number of carbonyl (C=O) groups excluding carboxylic acids is 4. The van der Waals surface area contributed by atoms with Gasteiger partial charge in [-0.2, -0.15) is 4.57 Å². The van der Waals surface area contributed by atoms with Gasteiger partial charge in [0.2, 0.25) is 6.54 Å². The van der Waals surface area contributed by atoms with Crippen molar-refractivity contribution >= 4 is 36.1 Å². The van der Waals surface area contributed by atoms with Crippen LogP contribution in [0, 0.1) is 0 Å². The van der Waals surface area contributed by atoms with E-state index in [0.717, 1.165) is 0 Å². The lowest BCUT2D eigenvalue weighted by molar-refractivity contribution is -0.685. The van der Waals surface area contributed by atoms with E-state index < -0.39 is 25.7 Å². The van der Waals surface area contributed by atoms with Crippen LogP contribution in [0.15, 0.2) is 67.0 Å². The molecule has 0 fully saturated rings. The van der Waals surface area contributed by atoms with Crippen LogP contribution in [0.4, 0.5) is 0 Å². The number of hydrogen-bond acceptors (Lipinski definition) is 9. The molecule has 0 unspecified atom stereocenters. The average molecular weight is 490 g/mol. The van der Waals surface area contributed by atoms with Crippen LogP contribution >= 0.6 is 0 Å². The molecule has 182 valence electrons. The smallest absolute Gasteiger partial charge is 0.459 e. The highest BCUT2D eigenvalue weighted by molar-refractivity contribution is 6.58. The summed E-state index contributed by atoms with van der Waals surface area (Å²) in [6.45, 7) is -0.735. The second-order valence-electron chi connectivity index (χ2n) is 7.84. The molecule has 1 aromatic heterocycles. The van der Waals surface area contributed by atoms with Gasteiger partial charge in [-0.1, -0.05) is 30.3 Å². The number of benzene rings is 2. The highest BCUT2D eigenvalue weighted by Crippen LogP contribution is 2.29. The third kappa shape index (κ3) is 5.72. The number of rotatable bonds is 9. The molecule has 0 saturated carbocycles. The van der Waals surface area contributed by atoms with Gasteiger partial charge in [-0.05, 0) is 18.2 Å². The Kier molecular flexibility index (Phi) is 7.64. The molecule has 1 aliphatic rings. The molecule has 0 amide bonds. The van der Waals surface area contributed by atoms with Crippen molar-refractivity contribution in [1.82, 2.24) is 0 Å². The number of ketones is 2. The predicted octanol–water partition coefficient (Wildman–Crippen LogP) is -0.405. The lowest BCUT2D eigenvalue weighted by Gasteiger charge is -2.17. The normalized spacial score (nSPS) is 11.9. The van der Waals surface area contributed by atoms with Crippen LogP contribution in [0.2, 0.25) is 0 Å². The zero-order chi connectivity index (χ0) is 25.7. The molecular formula is C25H21BNO9+. The van der Waals surface area contributed by atoms with Gasteiger partial charge in [0.1, 0.15) is 19.0 Å². The van der Waals surface area contributed by atoms with E-state index in [9.17, 15) is 29.2 Å². The summed E-state index contributed by atoms with van der Waals surface area (Å²) in [6.07, 6.45) is 2.98. The first-order valence-electron chi connectivity index (χ1n) is 10.9. The molecule has 0 spiro atoms. The Morgan fingerprint density at radius 3 is 2.25 bits per heavy atom. The van der Waals surface area contributed by atoms with Crippen LogP contribution in [-0.2, 0) is 25.6 Å². The van der Waals surface area contributed by atoms with Gasteiger partial charge in [0.15, 0.2) is 24.0 Å². The molecular weight excluding hydrogens is 469 g/mol. The third-order valence-electron chi connectivity index (χ3n) is 5.33. The molecule has 0 saturated heterocycles. The summed E-state index contributed by atoms with van der Waals surface area (Å²) in [7, 11) is -1.65. The number of nitrogens with zero attached hydrogens (tertiary/aromatic N) is 1. The first kappa shape index (κ1) is 24.9. The minimum absolute atomic E-state index is 0.0607. The molecule has 0 aliphatic heterocycles. The van der Waals surface area contributed by atoms with E-state index in [4.69, 9.17) is 14.2 Å². The van der Waals surface area contributed by atoms with Gasteiger partial charge >= 0.3 is 19.1 Å². The van der Waals surface area contributed by atoms with Crippen molar-refractivity contribution in [2.24, 2.45) is 0 Å². The Balaban J connectivity index is 1.22. The quantitative estimate of drug-likeness (QED) is 0.105. The topological polar surface area (TPSA) is 140 Å². The van der Waals surface area contributed by atoms with Crippen molar-refractivity contribution in [2.45, 2.75) is 6.54 Å². The predicted molar refractivity (Wildman–Crippen MR) is 124 cm³/mol. The maximum atomic E-state index is 12.8. The molecule has 1 heterocycles. The van der Waals surface area contributed by atoms with Gasteiger partial charge in [0.05, 0.1) is 6.61 Å². The molecule has 11 heteroatoms. The standard InChI is InChI=1S/C25H21BNO9/c28-22(14-27-9-3-4-16(13-27)26(32)33)35-11-10-34-15-23(29)36-17-7-8-20-21(12-17)25(31)19-6-2-1-5-18(19)24(20)30/h1-9,12-13,32-33H,10-11,14-15H2/q+1. The van der Waals surface area contributed by atoms with Crippen LogP contribution in [0.25, 0.3) is 0 Å². The van der Waals surface area contributed by atoms with Crippen molar-refractivity contribution in [3.05, 3.63) is 89.2 Å². The number of hydrogen-bond donors (Lipinski definition) is 2. The number of esters is 2. The average Bonchev–Trinajstić information content (AvgIpc) is 2.87. The fraction of sp³-hybridized carbons (Fsp3) is 0.160. The fourth-order valence-corrected chi connectivity index (χ4v) is 3.66. The van der Waals surface area contributed by atoms with Crippen molar-refractivity contribution in [2.75, 3.05) is 19.8 Å². The first-order valence-corrected chi connectivity index (χ1v) is 10.9. The first-order chi connectivity index (χ1) is 17.3. The summed E-state index contributed by atoms with van der Waals surface area (Å²) in [6, 6.07) is 13.8. The van der Waals surface area contributed by atoms with E-state index in [-0.39, 0.29) is 53.7 Å². The zero-order valence-corrected chi connectivity index (χ0v) is 19.0. The third-order valence-corrected chi connectivity index (χ3v) is 5.33. The molecule has 10 nitrogen and oxygen atoms in total. The van der Waals surface area contributed by atoms with Gasteiger partial charge in [0, 0.05) is 33.8 Å². The molecule has 2 aromatic carbocycles.